The quantitative estimate of drug-likeness (QED) is 0.408. The van der Waals surface area contributed by atoms with E-state index in [-0.39, 0.29) is 6.61 Å². The zero-order chi connectivity index (χ0) is 13.8. The molecule has 5 nitrogen and oxygen atoms in total. The SMILES string of the molecule is C#CCOC(=O)NC(CCC)C(=O)OCCCC. The highest BCUT2D eigenvalue weighted by Gasteiger charge is 2.21. The van der Waals surface area contributed by atoms with Crippen molar-refractivity contribution in [1.82, 2.24) is 5.32 Å². The molecule has 0 saturated heterocycles. The fourth-order valence-electron chi connectivity index (χ4n) is 1.25. The van der Waals surface area contributed by atoms with Gasteiger partial charge in [0.15, 0.2) is 6.61 Å². The lowest BCUT2D eigenvalue weighted by Crippen LogP contribution is -2.42. The van der Waals surface area contributed by atoms with Crippen LogP contribution < -0.4 is 5.32 Å². The van der Waals surface area contributed by atoms with Gasteiger partial charge in [-0.15, -0.1) is 6.42 Å². The summed E-state index contributed by atoms with van der Waals surface area (Å²) in [6.07, 6.45) is 7.29. The van der Waals surface area contributed by atoms with Gasteiger partial charge in [-0.25, -0.2) is 9.59 Å². The van der Waals surface area contributed by atoms with E-state index in [0.717, 1.165) is 19.3 Å². The van der Waals surface area contributed by atoms with Crippen LogP contribution in [0.3, 0.4) is 0 Å². The van der Waals surface area contributed by atoms with Crippen molar-refractivity contribution in [3.8, 4) is 12.3 Å². The van der Waals surface area contributed by atoms with Crippen LogP contribution in [0.2, 0.25) is 0 Å². The number of nitrogens with one attached hydrogen (secondary N) is 1. The molecule has 0 spiro atoms. The maximum absolute atomic E-state index is 11.7. The van der Waals surface area contributed by atoms with Crippen molar-refractivity contribution in [3.63, 3.8) is 0 Å². The lowest BCUT2D eigenvalue weighted by atomic mass is 10.2. The van der Waals surface area contributed by atoms with Crippen molar-refractivity contribution in [2.75, 3.05) is 13.2 Å². The molecule has 1 unspecified atom stereocenters. The first kappa shape index (κ1) is 16.3. The van der Waals surface area contributed by atoms with E-state index in [0.29, 0.717) is 13.0 Å². The van der Waals surface area contributed by atoms with Gasteiger partial charge in [0.2, 0.25) is 0 Å². The number of unbranched alkanes of at least 4 members (excludes halogenated alkanes) is 1. The third-order valence-corrected chi connectivity index (χ3v) is 2.18. The number of carbonyl (C=O) groups excluding carboxylic acids is 2. The summed E-state index contributed by atoms with van der Waals surface area (Å²) >= 11 is 0. The van der Waals surface area contributed by atoms with E-state index in [1.54, 1.807) is 0 Å². The molecule has 0 aromatic carbocycles. The summed E-state index contributed by atoms with van der Waals surface area (Å²) in [4.78, 5) is 23.0. The summed E-state index contributed by atoms with van der Waals surface area (Å²) < 4.78 is 9.70. The van der Waals surface area contributed by atoms with Gasteiger partial charge in [0.1, 0.15) is 6.04 Å². The maximum Gasteiger partial charge on any atom is 0.408 e. The number of hydrogen-bond acceptors (Lipinski definition) is 4. The summed E-state index contributed by atoms with van der Waals surface area (Å²) in [6, 6.07) is -0.669. The Balaban J connectivity index is 4.15. The van der Waals surface area contributed by atoms with Crippen molar-refractivity contribution in [3.05, 3.63) is 0 Å². The molecular weight excluding hydrogens is 234 g/mol. The normalized spacial score (nSPS) is 11.2. The molecular formula is C13H21NO4. The molecule has 0 rings (SSSR count). The summed E-state index contributed by atoms with van der Waals surface area (Å²) in [6.45, 7) is 4.18. The predicted molar refractivity (Wildman–Crippen MR) is 67.9 cm³/mol. The minimum Gasteiger partial charge on any atom is -0.464 e. The minimum absolute atomic E-state index is 0.116. The van der Waals surface area contributed by atoms with Gasteiger partial charge in [0.25, 0.3) is 0 Å². The van der Waals surface area contributed by atoms with Crippen LogP contribution in [0.5, 0.6) is 0 Å². The zero-order valence-corrected chi connectivity index (χ0v) is 11.0. The van der Waals surface area contributed by atoms with Crippen LogP contribution in [-0.2, 0) is 14.3 Å². The van der Waals surface area contributed by atoms with Crippen molar-refractivity contribution in [2.45, 2.75) is 45.6 Å². The van der Waals surface area contributed by atoms with Crippen LogP contribution in [-0.4, -0.2) is 31.3 Å². The van der Waals surface area contributed by atoms with Crippen LogP contribution in [0.1, 0.15) is 39.5 Å². The highest BCUT2D eigenvalue weighted by molar-refractivity contribution is 5.81. The average Bonchev–Trinajstić information content (AvgIpc) is 2.36. The summed E-state index contributed by atoms with van der Waals surface area (Å²) in [5.41, 5.74) is 0. The number of ether oxygens (including phenoxy) is 2. The molecule has 1 atom stereocenters. The van der Waals surface area contributed by atoms with E-state index in [9.17, 15) is 9.59 Å². The van der Waals surface area contributed by atoms with Crippen molar-refractivity contribution >= 4 is 12.1 Å². The number of terminal acetylenes is 1. The molecule has 0 aliphatic carbocycles. The van der Waals surface area contributed by atoms with Gasteiger partial charge in [-0.1, -0.05) is 32.6 Å². The Morgan fingerprint density at radius 3 is 2.56 bits per heavy atom. The second-order valence-corrected chi connectivity index (χ2v) is 3.79. The molecule has 18 heavy (non-hydrogen) atoms. The number of rotatable bonds is 8. The van der Waals surface area contributed by atoms with E-state index >= 15 is 0 Å². The molecule has 1 amide bonds. The number of esters is 1. The molecule has 0 aromatic rings. The van der Waals surface area contributed by atoms with Crippen LogP contribution in [0.25, 0.3) is 0 Å². The van der Waals surface area contributed by atoms with E-state index in [2.05, 4.69) is 16.0 Å². The summed E-state index contributed by atoms with van der Waals surface area (Å²) in [7, 11) is 0. The monoisotopic (exact) mass is 255 g/mol. The Kier molecular flexibility index (Phi) is 9.47. The minimum atomic E-state index is -0.696. The van der Waals surface area contributed by atoms with E-state index in [1.807, 2.05) is 13.8 Å². The van der Waals surface area contributed by atoms with Gasteiger partial charge in [0.05, 0.1) is 6.61 Å². The van der Waals surface area contributed by atoms with Crippen LogP contribution in [0.4, 0.5) is 4.79 Å². The second-order valence-electron chi connectivity index (χ2n) is 3.79. The van der Waals surface area contributed by atoms with Crippen molar-refractivity contribution in [1.29, 1.82) is 0 Å². The fourth-order valence-corrected chi connectivity index (χ4v) is 1.25. The van der Waals surface area contributed by atoms with Gasteiger partial charge < -0.3 is 14.8 Å². The van der Waals surface area contributed by atoms with Crippen LogP contribution in [0.15, 0.2) is 0 Å². The fraction of sp³-hybridized carbons (Fsp3) is 0.692. The number of carbonyl (C=O) groups is 2. The average molecular weight is 255 g/mol. The molecule has 0 aromatic heterocycles. The highest BCUT2D eigenvalue weighted by atomic mass is 16.6. The molecule has 0 aliphatic rings. The summed E-state index contributed by atoms with van der Waals surface area (Å²) in [5.74, 6) is 1.75. The second kappa shape index (κ2) is 10.5. The summed E-state index contributed by atoms with van der Waals surface area (Å²) in [5, 5.41) is 2.45. The van der Waals surface area contributed by atoms with Crippen LogP contribution >= 0.6 is 0 Å². The zero-order valence-electron chi connectivity index (χ0n) is 11.0. The Morgan fingerprint density at radius 2 is 2.00 bits per heavy atom. The number of amides is 1. The van der Waals surface area contributed by atoms with Gasteiger partial charge in [-0.3, -0.25) is 0 Å². The van der Waals surface area contributed by atoms with Crippen molar-refractivity contribution in [2.24, 2.45) is 0 Å². The van der Waals surface area contributed by atoms with Crippen LogP contribution in [0, 0.1) is 12.3 Å². The van der Waals surface area contributed by atoms with E-state index in [1.165, 1.54) is 0 Å². The molecule has 0 radical (unpaired) electrons. The first-order chi connectivity index (χ1) is 8.65. The smallest absolute Gasteiger partial charge is 0.408 e. The molecule has 1 N–H and O–H groups in total. The van der Waals surface area contributed by atoms with Gasteiger partial charge in [-0.2, -0.15) is 0 Å². The molecule has 0 heterocycles. The number of hydrogen-bond donors (Lipinski definition) is 1. The Hall–Kier alpha value is -1.70. The Bertz CT molecular complexity index is 296. The molecule has 0 aliphatic heterocycles. The maximum atomic E-state index is 11.7. The molecule has 0 bridgehead atoms. The van der Waals surface area contributed by atoms with Gasteiger partial charge >= 0.3 is 12.1 Å². The van der Waals surface area contributed by atoms with E-state index < -0.39 is 18.1 Å². The first-order valence-corrected chi connectivity index (χ1v) is 6.19. The molecule has 5 heteroatoms. The molecule has 102 valence electrons. The van der Waals surface area contributed by atoms with Gasteiger partial charge in [-0.05, 0) is 12.8 Å². The lowest BCUT2D eigenvalue weighted by molar-refractivity contribution is -0.146. The third kappa shape index (κ3) is 7.55. The molecule has 0 saturated carbocycles. The predicted octanol–water partition coefficient (Wildman–Crippen LogP) is 1.86. The Labute approximate surface area is 108 Å². The first-order valence-electron chi connectivity index (χ1n) is 6.19. The molecule has 0 fully saturated rings. The topological polar surface area (TPSA) is 64.6 Å². The Morgan fingerprint density at radius 1 is 1.28 bits per heavy atom. The number of alkyl carbamates (subject to hydrolysis) is 1. The third-order valence-electron chi connectivity index (χ3n) is 2.18. The van der Waals surface area contributed by atoms with Crippen molar-refractivity contribution < 1.29 is 19.1 Å². The highest BCUT2D eigenvalue weighted by Crippen LogP contribution is 2.01. The standard InChI is InChI=1S/C13H21NO4/c1-4-7-10-17-12(15)11(8-5-2)14-13(16)18-9-6-3/h3,11H,4-5,7-10H2,1-2H3,(H,14,16). The largest absolute Gasteiger partial charge is 0.464 e. The lowest BCUT2D eigenvalue weighted by Gasteiger charge is -2.16. The van der Waals surface area contributed by atoms with Gasteiger partial charge in [0, 0.05) is 0 Å². The van der Waals surface area contributed by atoms with E-state index in [4.69, 9.17) is 11.2 Å².